The monoisotopic (exact) mass is 422 g/mol. The van der Waals surface area contributed by atoms with Crippen LogP contribution in [0.3, 0.4) is 0 Å². The van der Waals surface area contributed by atoms with Crippen LogP contribution in [-0.2, 0) is 16.4 Å². The number of hydrogen-bond acceptors (Lipinski definition) is 3. The molecular formula is C18H19BrN2O3S. The number of hydrogen-bond donors (Lipinski definition) is 2. The molecular weight excluding hydrogens is 404 g/mol. The summed E-state index contributed by atoms with van der Waals surface area (Å²) in [5.74, 6) is -0.312. The van der Waals surface area contributed by atoms with Crippen LogP contribution in [-0.4, -0.2) is 27.4 Å². The molecule has 0 spiro atoms. The maximum absolute atomic E-state index is 12.3. The molecule has 0 aromatic heterocycles. The van der Waals surface area contributed by atoms with Gasteiger partial charge in [0.1, 0.15) is 0 Å². The van der Waals surface area contributed by atoms with Crippen LogP contribution >= 0.6 is 15.9 Å². The lowest BCUT2D eigenvalue weighted by molar-refractivity contribution is 0.0954. The molecule has 0 saturated heterocycles. The van der Waals surface area contributed by atoms with Crippen molar-refractivity contribution in [3.63, 3.8) is 0 Å². The Labute approximate surface area is 156 Å². The summed E-state index contributed by atoms with van der Waals surface area (Å²) in [4.78, 5) is 12.3. The van der Waals surface area contributed by atoms with Crippen LogP contribution in [0.4, 0.5) is 0 Å². The molecule has 0 aliphatic carbocycles. The van der Waals surface area contributed by atoms with Gasteiger partial charge in [-0.15, -0.1) is 6.58 Å². The molecule has 0 radical (unpaired) electrons. The predicted octanol–water partition coefficient (Wildman–Crippen LogP) is 2.89. The first kappa shape index (κ1) is 19.4. The summed E-state index contributed by atoms with van der Waals surface area (Å²) in [5.41, 5.74) is 1.39. The van der Waals surface area contributed by atoms with E-state index in [1.54, 1.807) is 12.1 Å². The smallest absolute Gasteiger partial charge is 0.251 e. The van der Waals surface area contributed by atoms with Gasteiger partial charge in [-0.2, -0.15) is 0 Å². The van der Waals surface area contributed by atoms with Crippen molar-refractivity contribution >= 4 is 31.9 Å². The zero-order chi connectivity index (χ0) is 18.3. The Hall–Kier alpha value is -1.96. The number of benzene rings is 2. The zero-order valence-electron chi connectivity index (χ0n) is 13.5. The van der Waals surface area contributed by atoms with Gasteiger partial charge in [0, 0.05) is 23.1 Å². The maximum Gasteiger partial charge on any atom is 0.251 e. The molecule has 0 bridgehead atoms. The third-order valence-electron chi connectivity index (χ3n) is 3.46. The summed E-state index contributed by atoms with van der Waals surface area (Å²) < 4.78 is 27.6. The zero-order valence-corrected chi connectivity index (χ0v) is 15.9. The molecule has 5 nitrogen and oxygen atoms in total. The number of carbonyl (C=O) groups excluding carboxylic acids is 1. The molecule has 0 saturated carbocycles. The van der Waals surface area contributed by atoms with Crippen LogP contribution in [0.15, 0.2) is 70.6 Å². The molecule has 2 aromatic carbocycles. The maximum atomic E-state index is 12.3. The van der Waals surface area contributed by atoms with E-state index in [1.807, 2.05) is 24.3 Å². The van der Waals surface area contributed by atoms with E-state index in [1.165, 1.54) is 18.2 Å². The van der Waals surface area contributed by atoms with Crippen molar-refractivity contribution in [3.05, 3.63) is 76.8 Å². The second kappa shape index (κ2) is 8.94. The Kier molecular flexibility index (Phi) is 6.92. The number of halogens is 1. The SMILES string of the molecule is C=CCNS(=O)(=O)c1cccc(C(=O)NCCc2ccccc2Br)c1. The minimum atomic E-state index is -3.66. The van der Waals surface area contributed by atoms with Gasteiger partial charge in [-0.25, -0.2) is 13.1 Å². The fourth-order valence-electron chi connectivity index (χ4n) is 2.17. The molecule has 2 N–H and O–H groups in total. The molecule has 0 heterocycles. The number of nitrogens with one attached hydrogen (secondary N) is 2. The van der Waals surface area contributed by atoms with Gasteiger partial charge in [0.05, 0.1) is 4.90 Å². The second-order valence-electron chi connectivity index (χ2n) is 5.27. The van der Waals surface area contributed by atoms with E-state index >= 15 is 0 Å². The van der Waals surface area contributed by atoms with Gasteiger partial charge < -0.3 is 5.32 Å². The Morgan fingerprint density at radius 1 is 1.16 bits per heavy atom. The highest BCUT2D eigenvalue weighted by atomic mass is 79.9. The second-order valence-corrected chi connectivity index (χ2v) is 7.89. The number of amides is 1. The lowest BCUT2D eigenvalue weighted by atomic mass is 10.1. The quantitative estimate of drug-likeness (QED) is 0.642. The molecule has 0 atom stereocenters. The van der Waals surface area contributed by atoms with Crippen LogP contribution in [0, 0.1) is 0 Å². The third kappa shape index (κ3) is 5.52. The van der Waals surface area contributed by atoms with E-state index in [9.17, 15) is 13.2 Å². The van der Waals surface area contributed by atoms with Crippen molar-refractivity contribution in [1.82, 2.24) is 10.0 Å². The van der Waals surface area contributed by atoms with Gasteiger partial charge in [0.2, 0.25) is 10.0 Å². The Morgan fingerprint density at radius 3 is 2.64 bits per heavy atom. The summed E-state index contributed by atoms with van der Waals surface area (Å²) in [6.07, 6.45) is 2.13. The van der Waals surface area contributed by atoms with E-state index in [4.69, 9.17) is 0 Å². The van der Waals surface area contributed by atoms with Gasteiger partial charge in [-0.3, -0.25) is 4.79 Å². The van der Waals surface area contributed by atoms with Gasteiger partial charge in [0.25, 0.3) is 5.91 Å². The predicted molar refractivity (Wildman–Crippen MR) is 102 cm³/mol. The summed E-state index contributed by atoms with van der Waals surface area (Å²) in [6, 6.07) is 13.7. The van der Waals surface area contributed by atoms with Crippen LogP contribution in [0.25, 0.3) is 0 Å². The van der Waals surface area contributed by atoms with Gasteiger partial charge in [-0.05, 0) is 36.2 Å². The number of sulfonamides is 1. The molecule has 2 rings (SSSR count). The van der Waals surface area contributed by atoms with Crippen molar-refractivity contribution in [1.29, 1.82) is 0 Å². The molecule has 0 unspecified atom stereocenters. The van der Waals surface area contributed by atoms with Crippen LogP contribution in [0.1, 0.15) is 15.9 Å². The summed E-state index contributed by atoms with van der Waals surface area (Å²) >= 11 is 3.47. The van der Waals surface area contributed by atoms with E-state index in [2.05, 4.69) is 32.5 Å². The van der Waals surface area contributed by atoms with Crippen molar-refractivity contribution in [2.24, 2.45) is 0 Å². The highest BCUT2D eigenvalue weighted by molar-refractivity contribution is 9.10. The van der Waals surface area contributed by atoms with E-state index in [0.29, 0.717) is 18.5 Å². The molecule has 0 fully saturated rings. The molecule has 7 heteroatoms. The first-order chi connectivity index (χ1) is 11.9. The van der Waals surface area contributed by atoms with Crippen LogP contribution < -0.4 is 10.0 Å². The van der Waals surface area contributed by atoms with Gasteiger partial charge in [-0.1, -0.05) is 46.3 Å². The van der Waals surface area contributed by atoms with Crippen molar-refractivity contribution in [2.45, 2.75) is 11.3 Å². The fourth-order valence-corrected chi connectivity index (χ4v) is 3.70. The van der Waals surface area contributed by atoms with Crippen molar-refractivity contribution < 1.29 is 13.2 Å². The topological polar surface area (TPSA) is 75.3 Å². The number of carbonyl (C=O) groups is 1. The molecule has 0 aliphatic heterocycles. The average Bonchev–Trinajstić information content (AvgIpc) is 2.61. The third-order valence-corrected chi connectivity index (χ3v) is 5.66. The lowest BCUT2D eigenvalue weighted by Crippen LogP contribution is -2.27. The fraction of sp³-hybridized carbons (Fsp3) is 0.167. The Bertz CT molecular complexity index is 866. The molecule has 25 heavy (non-hydrogen) atoms. The molecule has 132 valence electrons. The number of rotatable bonds is 8. The average molecular weight is 423 g/mol. The van der Waals surface area contributed by atoms with E-state index < -0.39 is 10.0 Å². The normalized spacial score (nSPS) is 11.1. The van der Waals surface area contributed by atoms with Crippen molar-refractivity contribution in [2.75, 3.05) is 13.1 Å². The first-order valence-electron chi connectivity index (χ1n) is 7.66. The van der Waals surface area contributed by atoms with Crippen LogP contribution in [0.5, 0.6) is 0 Å². The standard InChI is InChI=1S/C18H19BrN2O3S/c1-2-11-21-25(23,24)16-8-5-7-15(13-16)18(22)20-12-10-14-6-3-4-9-17(14)19/h2-9,13,21H,1,10-12H2,(H,20,22). The van der Waals surface area contributed by atoms with E-state index in [0.717, 1.165) is 10.0 Å². The van der Waals surface area contributed by atoms with E-state index in [-0.39, 0.29) is 17.3 Å². The van der Waals surface area contributed by atoms with Crippen LogP contribution in [0.2, 0.25) is 0 Å². The minimum absolute atomic E-state index is 0.0489. The Balaban J connectivity index is 2.01. The highest BCUT2D eigenvalue weighted by Crippen LogP contribution is 2.16. The first-order valence-corrected chi connectivity index (χ1v) is 9.94. The Morgan fingerprint density at radius 2 is 1.92 bits per heavy atom. The summed E-state index contributed by atoms with van der Waals surface area (Å²) in [5, 5.41) is 2.81. The molecule has 1 amide bonds. The molecule has 0 aliphatic rings. The van der Waals surface area contributed by atoms with Crippen molar-refractivity contribution in [3.8, 4) is 0 Å². The molecule has 2 aromatic rings. The van der Waals surface area contributed by atoms with Gasteiger partial charge in [0.15, 0.2) is 0 Å². The lowest BCUT2D eigenvalue weighted by Gasteiger charge is -2.09. The summed E-state index contributed by atoms with van der Waals surface area (Å²) in [7, 11) is -3.66. The largest absolute Gasteiger partial charge is 0.352 e. The minimum Gasteiger partial charge on any atom is -0.352 e. The highest BCUT2D eigenvalue weighted by Gasteiger charge is 2.15. The van der Waals surface area contributed by atoms with Gasteiger partial charge >= 0.3 is 0 Å². The summed E-state index contributed by atoms with van der Waals surface area (Å²) in [6.45, 7) is 4.05.